The SMILES string of the molecule is CC(C)NNC(=O)[C@@]1(Cc2ccccc2CN=[N+]=[N-])N=C(c2ccc(OCCCO)cc2)O[C@H]1c1ccccc1CN=[N+]=[N-]. The summed E-state index contributed by atoms with van der Waals surface area (Å²) in [6.07, 6.45) is -0.288. The van der Waals surface area contributed by atoms with Gasteiger partial charge in [-0.2, -0.15) is 0 Å². The smallest absolute Gasteiger partial charge is 0.266 e. The van der Waals surface area contributed by atoms with E-state index < -0.39 is 17.6 Å². The fourth-order valence-electron chi connectivity index (χ4n) is 4.90. The minimum atomic E-state index is -1.52. The molecule has 1 aliphatic rings. The van der Waals surface area contributed by atoms with Gasteiger partial charge in [0.1, 0.15) is 5.75 Å². The number of ether oxygens (including phenoxy) is 2. The number of azide groups is 2. The molecule has 44 heavy (non-hydrogen) atoms. The number of carbonyl (C=O) groups excluding carboxylic acids is 1. The predicted molar refractivity (Wildman–Crippen MR) is 165 cm³/mol. The molecule has 3 N–H and O–H groups in total. The molecule has 0 saturated carbocycles. The van der Waals surface area contributed by atoms with Gasteiger partial charge in [-0.05, 0) is 71.4 Å². The molecule has 0 aliphatic carbocycles. The zero-order chi connectivity index (χ0) is 31.4. The van der Waals surface area contributed by atoms with Crippen molar-refractivity contribution in [3.05, 3.63) is 121 Å². The first-order valence-corrected chi connectivity index (χ1v) is 14.2. The molecule has 228 valence electrons. The second-order valence-corrected chi connectivity index (χ2v) is 10.5. The highest BCUT2D eigenvalue weighted by molar-refractivity contribution is 6.01. The van der Waals surface area contributed by atoms with Crippen molar-refractivity contribution in [3.63, 3.8) is 0 Å². The quantitative estimate of drug-likeness (QED) is 0.0674. The summed E-state index contributed by atoms with van der Waals surface area (Å²) < 4.78 is 12.3. The van der Waals surface area contributed by atoms with Crippen LogP contribution in [-0.4, -0.2) is 41.7 Å². The van der Waals surface area contributed by atoms with E-state index >= 15 is 0 Å². The summed E-state index contributed by atoms with van der Waals surface area (Å²) in [5, 5.41) is 16.6. The first-order valence-electron chi connectivity index (χ1n) is 14.2. The Balaban J connectivity index is 1.87. The van der Waals surface area contributed by atoms with Crippen LogP contribution in [0.2, 0.25) is 0 Å². The normalized spacial score (nSPS) is 17.2. The van der Waals surface area contributed by atoms with Gasteiger partial charge in [0.05, 0.1) is 19.7 Å². The van der Waals surface area contributed by atoms with Gasteiger partial charge in [-0.25, -0.2) is 10.4 Å². The highest BCUT2D eigenvalue weighted by Crippen LogP contribution is 2.44. The molecule has 1 amide bonds. The number of aliphatic imine (C=N–C) groups is 1. The van der Waals surface area contributed by atoms with Crippen LogP contribution in [-0.2, 0) is 29.0 Å². The molecule has 1 heterocycles. The van der Waals surface area contributed by atoms with Crippen molar-refractivity contribution in [2.45, 2.75) is 57.5 Å². The lowest BCUT2D eigenvalue weighted by molar-refractivity contribution is -0.130. The molecule has 2 atom stereocenters. The number of aliphatic hydroxyl groups excluding tert-OH is 1. The van der Waals surface area contributed by atoms with Crippen LogP contribution in [0, 0.1) is 0 Å². The maximum Gasteiger partial charge on any atom is 0.266 e. The average molecular weight is 598 g/mol. The summed E-state index contributed by atoms with van der Waals surface area (Å²) in [5.41, 5.74) is 25.8. The standard InChI is InChI=1S/C31H35N9O4/c1-21(2)37-38-30(42)31(18-23-8-3-4-9-24(23)19-34-39-32)28(27-11-6-5-10-25(27)20-35-40-33)44-29(36-31)22-12-14-26(15-13-22)43-17-7-16-41/h3-6,8-15,21,28,37,41H,7,16-20H2,1-2H3,(H,38,42)/t28-,31-/m0/s1. The van der Waals surface area contributed by atoms with Crippen molar-refractivity contribution in [2.24, 2.45) is 15.2 Å². The van der Waals surface area contributed by atoms with Gasteiger partial charge in [0.2, 0.25) is 5.90 Å². The lowest BCUT2D eigenvalue weighted by atomic mass is 9.80. The molecular weight excluding hydrogens is 562 g/mol. The molecular formula is C31H35N9O4. The van der Waals surface area contributed by atoms with E-state index in [1.54, 1.807) is 24.3 Å². The number of carbonyl (C=O) groups is 1. The number of nitrogens with one attached hydrogen (secondary N) is 2. The Morgan fingerprint density at radius 3 is 2.30 bits per heavy atom. The molecule has 0 radical (unpaired) electrons. The molecule has 0 bridgehead atoms. The summed E-state index contributed by atoms with van der Waals surface area (Å²) in [6.45, 7) is 4.36. The summed E-state index contributed by atoms with van der Waals surface area (Å²) in [4.78, 5) is 25.2. The molecule has 0 spiro atoms. The van der Waals surface area contributed by atoms with Crippen LogP contribution in [0.25, 0.3) is 20.9 Å². The van der Waals surface area contributed by atoms with Crippen LogP contribution in [0.1, 0.15) is 54.2 Å². The number of hydrazine groups is 1. The van der Waals surface area contributed by atoms with E-state index in [4.69, 9.17) is 30.6 Å². The van der Waals surface area contributed by atoms with Crippen LogP contribution >= 0.6 is 0 Å². The van der Waals surface area contributed by atoms with Crippen LogP contribution in [0.15, 0.2) is 88.0 Å². The third kappa shape index (κ3) is 7.66. The minimum absolute atomic E-state index is 0.0348. The van der Waals surface area contributed by atoms with Crippen molar-refractivity contribution in [2.75, 3.05) is 13.2 Å². The molecule has 0 saturated heterocycles. The van der Waals surface area contributed by atoms with Crippen LogP contribution in [0.4, 0.5) is 0 Å². The summed E-state index contributed by atoms with van der Waals surface area (Å²) in [6, 6.07) is 21.8. The van der Waals surface area contributed by atoms with Gasteiger partial charge in [-0.3, -0.25) is 10.2 Å². The maximum atomic E-state index is 14.3. The van der Waals surface area contributed by atoms with Gasteiger partial charge in [0, 0.05) is 40.9 Å². The number of hydrogen-bond acceptors (Lipinski definition) is 8. The Morgan fingerprint density at radius 2 is 1.64 bits per heavy atom. The third-order valence-corrected chi connectivity index (χ3v) is 7.03. The van der Waals surface area contributed by atoms with Gasteiger partial charge >= 0.3 is 0 Å². The largest absolute Gasteiger partial charge is 0.494 e. The highest BCUT2D eigenvalue weighted by atomic mass is 16.5. The van der Waals surface area contributed by atoms with E-state index in [-0.39, 0.29) is 38.1 Å². The van der Waals surface area contributed by atoms with Crippen LogP contribution in [0.5, 0.6) is 5.75 Å². The zero-order valence-corrected chi connectivity index (χ0v) is 24.6. The molecule has 0 unspecified atom stereocenters. The number of nitrogens with zero attached hydrogens (tertiary/aromatic N) is 7. The van der Waals surface area contributed by atoms with E-state index in [2.05, 4.69) is 30.9 Å². The fourth-order valence-corrected chi connectivity index (χ4v) is 4.90. The van der Waals surface area contributed by atoms with Crippen LogP contribution < -0.4 is 15.6 Å². The van der Waals surface area contributed by atoms with E-state index in [0.29, 0.717) is 35.5 Å². The van der Waals surface area contributed by atoms with Gasteiger partial charge in [0.15, 0.2) is 11.6 Å². The molecule has 0 aromatic heterocycles. The van der Waals surface area contributed by atoms with Crippen molar-refractivity contribution in [3.8, 4) is 5.75 Å². The zero-order valence-electron chi connectivity index (χ0n) is 24.6. The van der Waals surface area contributed by atoms with Crippen molar-refractivity contribution >= 4 is 11.8 Å². The highest BCUT2D eigenvalue weighted by Gasteiger charge is 2.54. The first kappa shape index (κ1) is 31.9. The molecule has 13 heteroatoms. The van der Waals surface area contributed by atoms with Gasteiger partial charge in [0.25, 0.3) is 5.91 Å². The molecule has 0 fully saturated rings. The molecule has 4 rings (SSSR count). The fraction of sp³-hybridized carbons (Fsp3) is 0.355. The summed E-state index contributed by atoms with van der Waals surface area (Å²) >= 11 is 0. The lowest BCUT2D eigenvalue weighted by Crippen LogP contribution is -2.55. The lowest BCUT2D eigenvalue weighted by Gasteiger charge is -2.32. The number of rotatable bonds is 15. The van der Waals surface area contributed by atoms with E-state index in [1.807, 2.05) is 62.4 Å². The van der Waals surface area contributed by atoms with Crippen LogP contribution in [0.3, 0.4) is 0 Å². The second-order valence-electron chi connectivity index (χ2n) is 10.5. The second kappa shape index (κ2) is 15.4. The molecule has 13 nitrogen and oxygen atoms in total. The monoisotopic (exact) mass is 597 g/mol. The van der Waals surface area contributed by atoms with Crippen molar-refractivity contribution in [1.82, 2.24) is 10.9 Å². The molecule has 3 aromatic carbocycles. The Labute approximate surface area is 255 Å². The molecule has 3 aromatic rings. The van der Waals surface area contributed by atoms with Gasteiger partial charge < -0.3 is 14.6 Å². The Morgan fingerprint density at radius 1 is 1.00 bits per heavy atom. The van der Waals surface area contributed by atoms with Gasteiger partial charge in [-0.15, -0.1) is 0 Å². The van der Waals surface area contributed by atoms with E-state index in [9.17, 15) is 4.79 Å². The third-order valence-electron chi connectivity index (χ3n) is 7.03. The Kier molecular flexibility index (Phi) is 11.2. The summed E-state index contributed by atoms with van der Waals surface area (Å²) in [7, 11) is 0. The van der Waals surface area contributed by atoms with E-state index in [0.717, 1.165) is 11.1 Å². The summed E-state index contributed by atoms with van der Waals surface area (Å²) in [5.74, 6) is 0.448. The number of aliphatic hydroxyl groups is 1. The minimum Gasteiger partial charge on any atom is -0.494 e. The number of benzene rings is 3. The average Bonchev–Trinajstić information content (AvgIpc) is 3.43. The maximum absolute atomic E-state index is 14.3. The van der Waals surface area contributed by atoms with E-state index in [1.165, 1.54) is 0 Å². The topological polar surface area (TPSA) is 190 Å². The first-order chi connectivity index (χ1) is 21.4. The number of amides is 1. The molecule has 1 aliphatic heterocycles. The Bertz CT molecular complexity index is 1560. The predicted octanol–water partition coefficient (Wildman–Crippen LogP) is 5.60. The Hall–Kier alpha value is -5.06. The van der Waals surface area contributed by atoms with Crippen molar-refractivity contribution in [1.29, 1.82) is 0 Å². The van der Waals surface area contributed by atoms with Crippen molar-refractivity contribution < 1.29 is 19.4 Å². The van der Waals surface area contributed by atoms with Gasteiger partial charge in [-0.1, -0.05) is 58.8 Å². The number of hydrogen-bond donors (Lipinski definition) is 3.